The van der Waals surface area contributed by atoms with Crippen LogP contribution >= 0.6 is 27.5 Å². The van der Waals surface area contributed by atoms with Gasteiger partial charge in [0.2, 0.25) is 5.69 Å². The Kier molecular flexibility index (Phi) is 4.06. The lowest BCUT2D eigenvalue weighted by atomic mass is 10.1. The molecule has 0 atom stereocenters. The first-order valence-electron chi connectivity index (χ1n) is 7.84. The maximum absolute atomic E-state index is 6.04. The fraction of sp³-hybridized carbons (Fsp3) is 0.105. The number of hydrogen-bond donors (Lipinski definition) is 0. The van der Waals surface area contributed by atoms with E-state index in [9.17, 15) is 0 Å². The highest BCUT2D eigenvalue weighted by atomic mass is 79.9. The Bertz CT molecular complexity index is 1070. The molecule has 25 heavy (non-hydrogen) atoms. The van der Waals surface area contributed by atoms with Gasteiger partial charge in [0.1, 0.15) is 11.4 Å². The summed E-state index contributed by atoms with van der Waals surface area (Å²) in [7, 11) is 0. The second-order valence-electron chi connectivity index (χ2n) is 5.86. The summed E-state index contributed by atoms with van der Waals surface area (Å²) in [6, 6.07) is 17.8. The number of halogens is 2. The third kappa shape index (κ3) is 2.94. The second-order valence-corrected chi connectivity index (χ2v) is 7.22. The molecule has 0 N–H and O–H groups in total. The molecule has 0 aliphatic carbocycles. The lowest BCUT2D eigenvalue weighted by molar-refractivity contribution is -0.613. The minimum Gasteiger partial charge on any atom is -0.122 e. The number of benzene rings is 2. The summed E-state index contributed by atoms with van der Waals surface area (Å²) in [6.07, 6.45) is 0. The van der Waals surface area contributed by atoms with E-state index in [1.54, 1.807) is 0 Å². The topological polar surface area (TPSA) is 34.8 Å². The van der Waals surface area contributed by atoms with Gasteiger partial charge in [-0.2, -0.15) is 0 Å². The number of hydrogen-bond acceptors (Lipinski definition) is 2. The van der Waals surface area contributed by atoms with Gasteiger partial charge in [0, 0.05) is 28.0 Å². The number of fused-ring (bicyclic) bond motifs is 1. The largest absolute Gasteiger partial charge is 0.258 e. The standard InChI is InChI=1S/C19H15BrClN4/c1-12-11-18-19(14-3-7-16(21)8-4-14)23-25(24(18)13(2)22-12)17-9-5-15(20)6-10-17/h3-11H,1-2H3/q+1. The van der Waals surface area contributed by atoms with E-state index < -0.39 is 0 Å². The van der Waals surface area contributed by atoms with Gasteiger partial charge in [0.15, 0.2) is 5.52 Å². The van der Waals surface area contributed by atoms with E-state index in [-0.39, 0.29) is 0 Å². The lowest BCUT2D eigenvalue weighted by Crippen LogP contribution is -2.36. The molecule has 2 heterocycles. The molecule has 4 nitrogen and oxygen atoms in total. The third-order valence-electron chi connectivity index (χ3n) is 4.02. The quantitative estimate of drug-likeness (QED) is 0.445. The normalized spacial score (nSPS) is 11.2. The van der Waals surface area contributed by atoms with Crippen LogP contribution in [0.3, 0.4) is 0 Å². The van der Waals surface area contributed by atoms with Gasteiger partial charge in [-0.25, -0.2) is 0 Å². The summed E-state index contributed by atoms with van der Waals surface area (Å²) in [5.74, 6) is 0.880. The Hall–Kier alpha value is -2.24. The van der Waals surface area contributed by atoms with Crippen molar-refractivity contribution in [3.8, 4) is 16.9 Å². The average molecular weight is 415 g/mol. The summed E-state index contributed by atoms with van der Waals surface area (Å²) in [6.45, 7) is 3.98. The highest BCUT2D eigenvalue weighted by molar-refractivity contribution is 9.10. The molecule has 2 aromatic heterocycles. The van der Waals surface area contributed by atoms with E-state index in [4.69, 9.17) is 16.7 Å². The van der Waals surface area contributed by atoms with Crippen LogP contribution in [0, 0.1) is 13.8 Å². The van der Waals surface area contributed by atoms with Crippen molar-refractivity contribution in [3.05, 3.63) is 75.6 Å². The summed E-state index contributed by atoms with van der Waals surface area (Å²) in [5.41, 5.74) is 4.85. The summed E-state index contributed by atoms with van der Waals surface area (Å²) < 4.78 is 3.06. The Morgan fingerprint density at radius 2 is 1.68 bits per heavy atom. The summed E-state index contributed by atoms with van der Waals surface area (Å²) in [4.78, 5) is 6.48. The van der Waals surface area contributed by atoms with Crippen molar-refractivity contribution >= 4 is 33.0 Å². The van der Waals surface area contributed by atoms with Crippen molar-refractivity contribution in [2.24, 2.45) is 0 Å². The van der Waals surface area contributed by atoms with Crippen LogP contribution in [-0.2, 0) is 0 Å². The molecular weight excluding hydrogens is 400 g/mol. The van der Waals surface area contributed by atoms with Gasteiger partial charge >= 0.3 is 0 Å². The molecule has 0 aliphatic heterocycles. The zero-order valence-electron chi connectivity index (χ0n) is 13.7. The molecule has 0 spiro atoms. The van der Waals surface area contributed by atoms with Gasteiger partial charge in [-0.3, -0.25) is 0 Å². The summed E-state index contributed by atoms with van der Waals surface area (Å²) in [5, 5.41) is 5.58. The van der Waals surface area contributed by atoms with Gasteiger partial charge in [-0.1, -0.05) is 32.3 Å². The number of nitrogens with zero attached hydrogens (tertiary/aromatic N) is 4. The number of aryl methyl sites for hydroxylation is 2. The van der Waals surface area contributed by atoms with E-state index in [2.05, 4.69) is 27.0 Å². The van der Waals surface area contributed by atoms with Gasteiger partial charge < -0.3 is 0 Å². The minimum absolute atomic E-state index is 0.710. The minimum atomic E-state index is 0.710. The Balaban J connectivity index is 2.04. The highest BCUT2D eigenvalue weighted by Gasteiger charge is 2.23. The SMILES string of the molecule is Cc1cc2c(-c3ccc(Cl)cc3)nn(-c3ccc(Br)cc3)[n+]2c(C)n1. The average Bonchev–Trinajstić information content (AvgIpc) is 2.96. The van der Waals surface area contributed by atoms with Crippen molar-refractivity contribution in [3.63, 3.8) is 0 Å². The molecule has 124 valence electrons. The van der Waals surface area contributed by atoms with Crippen molar-refractivity contribution in [2.45, 2.75) is 13.8 Å². The Labute approximate surface area is 158 Å². The first kappa shape index (κ1) is 16.2. The van der Waals surface area contributed by atoms with E-state index in [0.717, 1.165) is 38.5 Å². The van der Waals surface area contributed by atoms with Crippen LogP contribution in [0.5, 0.6) is 0 Å². The van der Waals surface area contributed by atoms with Crippen LogP contribution in [0.25, 0.3) is 22.5 Å². The van der Waals surface area contributed by atoms with Gasteiger partial charge in [-0.05, 0) is 60.6 Å². The van der Waals surface area contributed by atoms with E-state index >= 15 is 0 Å². The van der Waals surface area contributed by atoms with Crippen LogP contribution in [0.15, 0.2) is 59.1 Å². The van der Waals surface area contributed by atoms with Gasteiger partial charge in [0.25, 0.3) is 5.82 Å². The summed E-state index contributed by atoms with van der Waals surface area (Å²) >= 11 is 9.52. The Morgan fingerprint density at radius 1 is 1.00 bits per heavy atom. The lowest BCUT2D eigenvalue weighted by Gasteiger charge is -2.01. The second kappa shape index (κ2) is 6.24. The van der Waals surface area contributed by atoms with Gasteiger partial charge in [-0.15, -0.1) is 9.50 Å². The van der Waals surface area contributed by atoms with Crippen LogP contribution in [-0.4, -0.2) is 14.9 Å². The van der Waals surface area contributed by atoms with Crippen molar-refractivity contribution in [1.29, 1.82) is 0 Å². The van der Waals surface area contributed by atoms with Crippen LogP contribution < -0.4 is 4.52 Å². The van der Waals surface area contributed by atoms with Gasteiger partial charge in [0.05, 0.1) is 0 Å². The van der Waals surface area contributed by atoms with E-state index in [1.807, 2.05) is 71.7 Å². The zero-order valence-corrected chi connectivity index (χ0v) is 16.1. The first-order valence-corrected chi connectivity index (χ1v) is 9.01. The molecule has 0 saturated carbocycles. The maximum atomic E-state index is 6.04. The predicted octanol–water partition coefficient (Wildman–Crippen LogP) is 4.71. The third-order valence-corrected chi connectivity index (χ3v) is 4.80. The maximum Gasteiger partial charge on any atom is 0.258 e. The molecule has 2 aromatic carbocycles. The zero-order chi connectivity index (χ0) is 17.6. The van der Waals surface area contributed by atoms with Crippen LogP contribution in [0.4, 0.5) is 0 Å². The highest BCUT2D eigenvalue weighted by Crippen LogP contribution is 2.24. The molecule has 0 radical (unpaired) electrons. The molecule has 0 unspecified atom stereocenters. The Morgan fingerprint density at radius 3 is 2.36 bits per heavy atom. The first-order chi connectivity index (χ1) is 12.0. The monoisotopic (exact) mass is 413 g/mol. The van der Waals surface area contributed by atoms with Crippen molar-refractivity contribution < 1.29 is 4.52 Å². The molecule has 0 fully saturated rings. The van der Waals surface area contributed by atoms with Crippen molar-refractivity contribution in [1.82, 2.24) is 14.9 Å². The van der Waals surface area contributed by atoms with E-state index in [0.29, 0.717) is 5.02 Å². The molecule has 4 rings (SSSR count). The number of aromatic nitrogens is 4. The van der Waals surface area contributed by atoms with Crippen LogP contribution in [0.2, 0.25) is 5.02 Å². The molecule has 0 bridgehead atoms. The number of rotatable bonds is 2. The molecule has 6 heteroatoms. The predicted molar refractivity (Wildman–Crippen MR) is 102 cm³/mol. The fourth-order valence-electron chi connectivity index (χ4n) is 2.93. The smallest absolute Gasteiger partial charge is 0.122 e. The fourth-order valence-corrected chi connectivity index (χ4v) is 3.32. The van der Waals surface area contributed by atoms with Crippen LogP contribution in [0.1, 0.15) is 11.5 Å². The molecular formula is C19H15BrClN4+. The molecule has 4 aromatic rings. The van der Waals surface area contributed by atoms with E-state index in [1.165, 1.54) is 0 Å². The van der Waals surface area contributed by atoms with Crippen molar-refractivity contribution in [2.75, 3.05) is 0 Å². The molecule has 0 saturated heterocycles. The molecule has 0 amide bonds. The molecule has 0 aliphatic rings.